The molecule has 1 aromatic heterocycles. The van der Waals surface area contributed by atoms with E-state index in [1.54, 1.807) is 24.5 Å². The molecule has 1 heterocycles. The molecule has 0 amide bonds. The average Bonchev–Trinajstić information content (AvgIpc) is 2.31. The fourth-order valence-electron chi connectivity index (χ4n) is 1.26. The topological polar surface area (TPSA) is 65.3 Å². The van der Waals surface area contributed by atoms with Crippen molar-refractivity contribution in [1.82, 2.24) is 4.98 Å². The zero-order valence-electron chi connectivity index (χ0n) is 8.84. The van der Waals surface area contributed by atoms with Crippen molar-refractivity contribution in [2.45, 2.75) is 0 Å². The van der Waals surface area contributed by atoms with Gasteiger partial charge in [-0.05, 0) is 50.7 Å². The minimum absolute atomic E-state index is 0.0408. The summed E-state index contributed by atoms with van der Waals surface area (Å²) in [6, 6.07) is 6.20. The van der Waals surface area contributed by atoms with Gasteiger partial charge in [0.2, 0.25) is 0 Å². The summed E-state index contributed by atoms with van der Waals surface area (Å²) in [5.41, 5.74) is 0.0408. The molecule has 0 aliphatic heterocycles. The molecule has 0 saturated heterocycles. The number of hydrogen-bond donors (Lipinski definition) is 0. The molecular weight excluding hydrogens is 415 g/mol. The third-order valence-corrected chi connectivity index (χ3v) is 3.31. The molecule has 0 unspecified atom stereocenters. The van der Waals surface area contributed by atoms with Crippen molar-refractivity contribution in [3.8, 4) is 11.5 Å². The van der Waals surface area contributed by atoms with E-state index in [4.69, 9.17) is 4.74 Å². The molecule has 0 bridgehead atoms. The lowest BCUT2D eigenvalue weighted by Gasteiger charge is -2.07. The predicted molar refractivity (Wildman–Crippen MR) is 77.8 cm³/mol. The largest absolute Gasteiger partial charge is 0.455 e. The van der Waals surface area contributed by atoms with Crippen LogP contribution in [0.3, 0.4) is 0 Å². The van der Waals surface area contributed by atoms with Crippen LogP contribution in [-0.2, 0) is 0 Å². The number of hydrogen-bond acceptors (Lipinski definition) is 4. The molecule has 2 rings (SSSR count). The molecule has 0 atom stereocenters. The normalized spacial score (nSPS) is 10.1. The standard InChI is InChI=1S/C11H6BrIN2O3/c12-7-3-9(6-14-5-7)18-11-2-1-8(15(16)17)4-10(11)13/h1-6H. The molecule has 0 fully saturated rings. The van der Waals surface area contributed by atoms with Crippen LogP contribution in [0.2, 0.25) is 0 Å². The second-order valence-electron chi connectivity index (χ2n) is 3.31. The smallest absolute Gasteiger partial charge is 0.270 e. The second kappa shape index (κ2) is 5.61. The number of rotatable bonds is 3. The lowest BCUT2D eigenvalue weighted by molar-refractivity contribution is -0.385. The number of aromatic nitrogens is 1. The molecule has 7 heteroatoms. The van der Waals surface area contributed by atoms with Gasteiger partial charge in [0.05, 0.1) is 14.7 Å². The number of pyridine rings is 1. The van der Waals surface area contributed by atoms with Gasteiger partial charge in [0.1, 0.15) is 11.5 Å². The van der Waals surface area contributed by atoms with Crippen LogP contribution in [0.4, 0.5) is 5.69 Å². The molecule has 0 radical (unpaired) electrons. The van der Waals surface area contributed by atoms with Crippen LogP contribution in [0.25, 0.3) is 0 Å². The fraction of sp³-hybridized carbons (Fsp3) is 0. The number of non-ortho nitro benzene ring substituents is 1. The molecule has 92 valence electrons. The van der Waals surface area contributed by atoms with Gasteiger partial charge in [0.15, 0.2) is 0 Å². The maximum atomic E-state index is 10.6. The summed E-state index contributed by atoms with van der Waals surface area (Å²) in [6.07, 6.45) is 3.22. The predicted octanol–water partition coefficient (Wildman–Crippen LogP) is 4.15. The molecule has 5 nitrogen and oxygen atoms in total. The number of nitrogens with zero attached hydrogens (tertiary/aromatic N) is 2. The highest BCUT2D eigenvalue weighted by Gasteiger charge is 2.10. The maximum Gasteiger partial charge on any atom is 0.270 e. The zero-order chi connectivity index (χ0) is 13.1. The third kappa shape index (κ3) is 3.16. The Morgan fingerprint density at radius 3 is 2.72 bits per heavy atom. The monoisotopic (exact) mass is 420 g/mol. The Labute approximate surface area is 125 Å². The van der Waals surface area contributed by atoms with Gasteiger partial charge in [-0.1, -0.05) is 0 Å². The number of ether oxygens (including phenoxy) is 1. The molecule has 1 aromatic carbocycles. The van der Waals surface area contributed by atoms with E-state index in [-0.39, 0.29) is 5.69 Å². The van der Waals surface area contributed by atoms with Gasteiger partial charge < -0.3 is 4.74 Å². The first-order chi connectivity index (χ1) is 8.56. The summed E-state index contributed by atoms with van der Waals surface area (Å²) in [6.45, 7) is 0. The quantitative estimate of drug-likeness (QED) is 0.425. The van der Waals surface area contributed by atoms with E-state index < -0.39 is 4.92 Å². The SMILES string of the molecule is O=[N+]([O-])c1ccc(Oc2cncc(Br)c2)c(I)c1. The number of nitro benzene ring substituents is 1. The summed E-state index contributed by atoms with van der Waals surface area (Å²) in [7, 11) is 0. The summed E-state index contributed by atoms with van der Waals surface area (Å²) < 4.78 is 7.07. The van der Waals surface area contributed by atoms with Crippen molar-refractivity contribution in [2.75, 3.05) is 0 Å². The first-order valence-corrected chi connectivity index (χ1v) is 6.66. The van der Waals surface area contributed by atoms with Crippen LogP contribution in [0.1, 0.15) is 0 Å². The highest BCUT2D eigenvalue weighted by molar-refractivity contribution is 14.1. The first-order valence-electron chi connectivity index (χ1n) is 4.78. The molecule has 0 aliphatic carbocycles. The van der Waals surface area contributed by atoms with Crippen LogP contribution in [-0.4, -0.2) is 9.91 Å². The van der Waals surface area contributed by atoms with Crippen molar-refractivity contribution in [1.29, 1.82) is 0 Å². The number of halogens is 2. The Balaban J connectivity index is 2.27. The molecule has 2 aromatic rings. The fourth-order valence-corrected chi connectivity index (χ4v) is 2.21. The van der Waals surface area contributed by atoms with Crippen molar-refractivity contribution < 1.29 is 9.66 Å². The first kappa shape index (κ1) is 13.2. The Hall–Kier alpha value is -1.22. The summed E-state index contributed by atoms with van der Waals surface area (Å²) in [4.78, 5) is 14.1. The van der Waals surface area contributed by atoms with E-state index in [1.165, 1.54) is 12.1 Å². The van der Waals surface area contributed by atoms with Crippen LogP contribution in [0.5, 0.6) is 11.5 Å². The van der Waals surface area contributed by atoms with E-state index >= 15 is 0 Å². The molecule has 0 aliphatic rings. The lowest BCUT2D eigenvalue weighted by atomic mass is 10.3. The molecule has 18 heavy (non-hydrogen) atoms. The van der Waals surface area contributed by atoms with Gasteiger partial charge >= 0.3 is 0 Å². The van der Waals surface area contributed by atoms with E-state index in [9.17, 15) is 10.1 Å². The van der Waals surface area contributed by atoms with Crippen molar-refractivity contribution >= 4 is 44.2 Å². The van der Waals surface area contributed by atoms with Crippen LogP contribution >= 0.6 is 38.5 Å². The summed E-state index contributed by atoms with van der Waals surface area (Å²) in [5, 5.41) is 10.6. The van der Waals surface area contributed by atoms with Crippen LogP contribution in [0, 0.1) is 13.7 Å². The average molecular weight is 421 g/mol. The molecule has 0 N–H and O–H groups in total. The third-order valence-electron chi connectivity index (χ3n) is 2.03. The van der Waals surface area contributed by atoms with Gasteiger partial charge in [-0.3, -0.25) is 15.1 Å². The number of nitro groups is 1. The Bertz CT molecular complexity index is 607. The van der Waals surface area contributed by atoms with Crippen molar-refractivity contribution in [3.05, 3.63) is 54.8 Å². The lowest BCUT2D eigenvalue weighted by Crippen LogP contribution is -1.92. The Morgan fingerprint density at radius 1 is 1.33 bits per heavy atom. The van der Waals surface area contributed by atoms with Crippen molar-refractivity contribution in [2.24, 2.45) is 0 Å². The maximum absolute atomic E-state index is 10.6. The molecule has 0 saturated carbocycles. The zero-order valence-corrected chi connectivity index (χ0v) is 12.6. The van der Waals surface area contributed by atoms with Crippen LogP contribution < -0.4 is 4.74 Å². The van der Waals surface area contributed by atoms with E-state index in [0.717, 1.165) is 4.47 Å². The van der Waals surface area contributed by atoms with Gasteiger partial charge in [-0.15, -0.1) is 0 Å². The molecule has 0 spiro atoms. The second-order valence-corrected chi connectivity index (χ2v) is 5.39. The highest BCUT2D eigenvalue weighted by Crippen LogP contribution is 2.30. The summed E-state index contributed by atoms with van der Waals surface area (Å²) in [5.74, 6) is 1.12. The van der Waals surface area contributed by atoms with E-state index in [2.05, 4.69) is 20.9 Å². The number of benzene rings is 1. The van der Waals surface area contributed by atoms with Gasteiger partial charge in [0, 0.05) is 22.8 Å². The van der Waals surface area contributed by atoms with E-state index in [0.29, 0.717) is 15.1 Å². The van der Waals surface area contributed by atoms with Gasteiger partial charge in [0.25, 0.3) is 5.69 Å². The van der Waals surface area contributed by atoms with Gasteiger partial charge in [-0.2, -0.15) is 0 Å². The minimum atomic E-state index is -0.438. The minimum Gasteiger partial charge on any atom is -0.455 e. The highest BCUT2D eigenvalue weighted by atomic mass is 127. The summed E-state index contributed by atoms with van der Waals surface area (Å²) >= 11 is 5.28. The van der Waals surface area contributed by atoms with Gasteiger partial charge in [-0.25, -0.2) is 0 Å². The van der Waals surface area contributed by atoms with E-state index in [1.807, 2.05) is 22.6 Å². The van der Waals surface area contributed by atoms with Crippen molar-refractivity contribution in [3.63, 3.8) is 0 Å². The van der Waals surface area contributed by atoms with Crippen LogP contribution in [0.15, 0.2) is 41.1 Å². The Kier molecular flexibility index (Phi) is 4.12. The molecular formula is C11H6BrIN2O3. The Morgan fingerprint density at radius 2 is 2.11 bits per heavy atom.